The van der Waals surface area contributed by atoms with E-state index >= 15 is 0 Å². The molecule has 2 heterocycles. The number of hydrogen-bond acceptors (Lipinski definition) is 5. The summed E-state index contributed by atoms with van der Waals surface area (Å²) in [6.45, 7) is 2.28. The van der Waals surface area contributed by atoms with Gasteiger partial charge in [0.1, 0.15) is 11.6 Å². The van der Waals surface area contributed by atoms with E-state index in [1.807, 2.05) is 38.4 Å². The van der Waals surface area contributed by atoms with Crippen LogP contribution in [0.3, 0.4) is 0 Å². The molecule has 6 nitrogen and oxygen atoms in total. The average Bonchev–Trinajstić information content (AvgIpc) is 2.53. The number of nitrogens with zero attached hydrogens (tertiary/aromatic N) is 3. The number of fused-ring (bicyclic) bond motifs is 3. The summed E-state index contributed by atoms with van der Waals surface area (Å²) in [7, 11) is 5.70. The Morgan fingerprint density at radius 1 is 1.35 bits per heavy atom. The molecule has 122 valence electrons. The van der Waals surface area contributed by atoms with Crippen molar-refractivity contribution in [1.82, 2.24) is 14.5 Å². The average molecular weight is 314 g/mol. The van der Waals surface area contributed by atoms with Gasteiger partial charge in [-0.3, -0.25) is 4.57 Å². The second-order valence-corrected chi connectivity index (χ2v) is 5.96. The third-order valence-corrected chi connectivity index (χ3v) is 4.07. The minimum Gasteiger partial charge on any atom is -0.497 e. The molecule has 0 saturated carbocycles. The summed E-state index contributed by atoms with van der Waals surface area (Å²) in [4.78, 5) is 18.5. The number of rotatable bonds is 5. The highest BCUT2D eigenvalue weighted by Gasteiger charge is 2.19. The Morgan fingerprint density at radius 3 is 2.91 bits per heavy atom. The molecular weight excluding hydrogens is 292 g/mol. The van der Waals surface area contributed by atoms with Gasteiger partial charge in [-0.15, -0.1) is 0 Å². The first-order valence-corrected chi connectivity index (χ1v) is 7.76. The molecule has 0 bridgehead atoms. The molecule has 0 fully saturated rings. The molecule has 3 rings (SSSR count). The van der Waals surface area contributed by atoms with E-state index in [-0.39, 0.29) is 5.69 Å². The zero-order valence-corrected chi connectivity index (χ0v) is 13.8. The minimum atomic E-state index is -0.198. The fraction of sp³-hybridized carbons (Fsp3) is 0.412. The molecule has 1 aliphatic heterocycles. The number of nitrogens with one attached hydrogen (secondary N) is 1. The van der Waals surface area contributed by atoms with Gasteiger partial charge in [-0.05, 0) is 44.3 Å². The quantitative estimate of drug-likeness (QED) is 0.905. The van der Waals surface area contributed by atoms with Gasteiger partial charge in [0.2, 0.25) is 0 Å². The number of ether oxygens (including phenoxy) is 1. The Bertz CT molecular complexity index is 768. The van der Waals surface area contributed by atoms with Gasteiger partial charge in [-0.25, -0.2) is 4.79 Å². The third-order valence-electron chi connectivity index (χ3n) is 4.07. The largest absolute Gasteiger partial charge is 0.497 e. The van der Waals surface area contributed by atoms with Crippen molar-refractivity contribution in [3.63, 3.8) is 0 Å². The monoisotopic (exact) mass is 314 g/mol. The SMILES string of the molecule is COc1ccc2c(c1)CCn1c-2cc(NCCN(C)C)nc1=O. The van der Waals surface area contributed by atoms with Crippen molar-refractivity contribution in [2.75, 3.05) is 39.6 Å². The van der Waals surface area contributed by atoms with Gasteiger partial charge in [0, 0.05) is 31.3 Å². The second-order valence-electron chi connectivity index (χ2n) is 5.96. The van der Waals surface area contributed by atoms with Crippen LogP contribution in [0.25, 0.3) is 11.3 Å². The van der Waals surface area contributed by atoms with E-state index in [0.29, 0.717) is 12.4 Å². The number of aryl methyl sites for hydroxylation is 1. The topological polar surface area (TPSA) is 59.4 Å². The van der Waals surface area contributed by atoms with Crippen LogP contribution in [0.2, 0.25) is 0 Å². The van der Waals surface area contributed by atoms with E-state index in [0.717, 1.165) is 36.5 Å². The van der Waals surface area contributed by atoms with Gasteiger partial charge in [0.05, 0.1) is 12.8 Å². The molecule has 2 aromatic rings. The second kappa shape index (κ2) is 6.42. The zero-order chi connectivity index (χ0) is 16.4. The maximum atomic E-state index is 12.3. The van der Waals surface area contributed by atoms with Crippen molar-refractivity contribution in [3.8, 4) is 17.0 Å². The highest BCUT2D eigenvalue weighted by molar-refractivity contribution is 5.69. The fourth-order valence-electron chi connectivity index (χ4n) is 2.83. The van der Waals surface area contributed by atoms with Crippen molar-refractivity contribution in [1.29, 1.82) is 0 Å². The Labute approximate surface area is 135 Å². The van der Waals surface area contributed by atoms with Crippen LogP contribution in [0.5, 0.6) is 5.75 Å². The summed E-state index contributed by atoms with van der Waals surface area (Å²) < 4.78 is 7.04. The van der Waals surface area contributed by atoms with Crippen molar-refractivity contribution in [2.45, 2.75) is 13.0 Å². The predicted molar refractivity (Wildman–Crippen MR) is 91.2 cm³/mol. The Kier molecular flexibility index (Phi) is 4.34. The van der Waals surface area contributed by atoms with Crippen LogP contribution in [-0.2, 0) is 13.0 Å². The van der Waals surface area contributed by atoms with Crippen molar-refractivity contribution < 1.29 is 4.74 Å². The summed E-state index contributed by atoms with van der Waals surface area (Å²) in [5.41, 5.74) is 3.00. The lowest BCUT2D eigenvalue weighted by Gasteiger charge is -2.22. The normalized spacial score (nSPS) is 12.7. The first-order chi connectivity index (χ1) is 11.1. The van der Waals surface area contributed by atoms with Crippen molar-refractivity contribution in [2.24, 2.45) is 0 Å². The van der Waals surface area contributed by atoms with E-state index < -0.39 is 0 Å². The first-order valence-electron chi connectivity index (χ1n) is 7.76. The summed E-state index contributed by atoms with van der Waals surface area (Å²) in [5, 5.41) is 3.23. The highest BCUT2D eigenvalue weighted by atomic mass is 16.5. The van der Waals surface area contributed by atoms with Crippen LogP contribution >= 0.6 is 0 Å². The number of likely N-dealkylation sites (N-methyl/N-ethyl adjacent to an activating group) is 1. The van der Waals surface area contributed by atoms with Gasteiger partial charge in [0.25, 0.3) is 0 Å². The molecule has 1 aromatic carbocycles. The van der Waals surface area contributed by atoms with E-state index in [9.17, 15) is 4.79 Å². The van der Waals surface area contributed by atoms with Gasteiger partial charge >= 0.3 is 5.69 Å². The predicted octanol–water partition coefficient (Wildman–Crippen LogP) is 1.45. The van der Waals surface area contributed by atoms with Crippen molar-refractivity contribution in [3.05, 3.63) is 40.3 Å². The van der Waals surface area contributed by atoms with Gasteiger partial charge in [-0.2, -0.15) is 4.98 Å². The first kappa shape index (κ1) is 15.6. The van der Waals surface area contributed by atoms with Crippen LogP contribution in [0.15, 0.2) is 29.1 Å². The lowest BCUT2D eigenvalue weighted by atomic mass is 9.97. The van der Waals surface area contributed by atoms with Crippen LogP contribution < -0.4 is 15.7 Å². The third kappa shape index (κ3) is 3.22. The highest BCUT2D eigenvalue weighted by Crippen LogP contribution is 2.31. The molecule has 0 amide bonds. The lowest BCUT2D eigenvalue weighted by molar-refractivity contribution is 0.414. The Morgan fingerprint density at radius 2 is 2.17 bits per heavy atom. The molecule has 6 heteroatoms. The summed E-state index contributed by atoms with van der Waals surface area (Å²) >= 11 is 0. The maximum absolute atomic E-state index is 12.3. The van der Waals surface area contributed by atoms with Gasteiger partial charge < -0.3 is 15.0 Å². The maximum Gasteiger partial charge on any atom is 0.349 e. The number of benzene rings is 1. The Hall–Kier alpha value is -2.34. The van der Waals surface area contributed by atoms with Gasteiger partial charge in [-0.1, -0.05) is 0 Å². The van der Waals surface area contributed by atoms with E-state index in [2.05, 4.69) is 15.2 Å². The Balaban J connectivity index is 1.95. The molecule has 1 aliphatic rings. The molecule has 0 atom stereocenters. The number of aromatic nitrogens is 2. The van der Waals surface area contributed by atoms with Crippen LogP contribution in [-0.4, -0.2) is 48.7 Å². The molecule has 0 radical (unpaired) electrons. The minimum absolute atomic E-state index is 0.198. The molecule has 1 aromatic heterocycles. The van der Waals surface area contributed by atoms with Crippen LogP contribution in [0, 0.1) is 0 Å². The molecule has 0 saturated heterocycles. The lowest BCUT2D eigenvalue weighted by Crippen LogP contribution is -2.30. The van der Waals surface area contributed by atoms with Crippen LogP contribution in [0.4, 0.5) is 5.82 Å². The summed E-state index contributed by atoms with van der Waals surface area (Å²) in [6, 6.07) is 7.95. The molecule has 0 spiro atoms. The number of anilines is 1. The standard InChI is InChI=1S/C17H22N4O2/c1-20(2)9-7-18-16-11-15-14-5-4-13(23-3)10-12(14)6-8-21(15)17(22)19-16/h4-5,10-11H,6-9H2,1-3H3,(H,18,19,22). The van der Waals surface area contributed by atoms with Crippen molar-refractivity contribution >= 4 is 5.82 Å². The summed E-state index contributed by atoms with van der Waals surface area (Å²) in [6.07, 6.45) is 0.814. The smallest absolute Gasteiger partial charge is 0.349 e. The fourth-order valence-corrected chi connectivity index (χ4v) is 2.83. The van der Waals surface area contributed by atoms with Gasteiger partial charge in [0.15, 0.2) is 0 Å². The molecule has 0 unspecified atom stereocenters. The number of methoxy groups -OCH3 is 1. The zero-order valence-electron chi connectivity index (χ0n) is 13.8. The molecule has 0 aliphatic carbocycles. The summed E-state index contributed by atoms with van der Waals surface area (Å²) in [5.74, 6) is 1.48. The molecule has 23 heavy (non-hydrogen) atoms. The van der Waals surface area contributed by atoms with E-state index in [4.69, 9.17) is 4.74 Å². The van der Waals surface area contributed by atoms with Crippen LogP contribution in [0.1, 0.15) is 5.56 Å². The number of hydrogen-bond donors (Lipinski definition) is 1. The van der Waals surface area contributed by atoms with E-state index in [1.165, 1.54) is 5.56 Å². The van der Waals surface area contributed by atoms with E-state index in [1.54, 1.807) is 11.7 Å². The molecular formula is C17H22N4O2. The molecule has 1 N–H and O–H groups in total.